The van der Waals surface area contributed by atoms with Gasteiger partial charge in [-0.15, -0.1) is 0 Å². The van der Waals surface area contributed by atoms with Crippen molar-refractivity contribution in [1.29, 1.82) is 0 Å². The summed E-state index contributed by atoms with van der Waals surface area (Å²) in [6.45, 7) is 7.96. The van der Waals surface area contributed by atoms with E-state index in [0.29, 0.717) is 10.7 Å². The summed E-state index contributed by atoms with van der Waals surface area (Å²) in [5.41, 5.74) is 1.80. The first-order chi connectivity index (χ1) is 12.9. The van der Waals surface area contributed by atoms with Crippen LogP contribution in [0.5, 0.6) is 0 Å². The maximum Gasteiger partial charge on any atom is 0.201 e. The summed E-state index contributed by atoms with van der Waals surface area (Å²) in [6, 6.07) is 3.96. The van der Waals surface area contributed by atoms with Crippen molar-refractivity contribution in [3.8, 4) is 0 Å². The summed E-state index contributed by atoms with van der Waals surface area (Å²) in [4.78, 5) is 0. The van der Waals surface area contributed by atoms with Crippen LogP contribution in [0, 0.1) is 0 Å². The Morgan fingerprint density at radius 3 is 2.52 bits per heavy atom. The molecule has 2 aliphatic rings. The predicted octanol–water partition coefficient (Wildman–Crippen LogP) is 2.29. The molecule has 1 aromatic heterocycles. The summed E-state index contributed by atoms with van der Waals surface area (Å²) in [5, 5.41) is 53.8. The summed E-state index contributed by atoms with van der Waals surface area (Å²) >= 11 is 0. The third-order valence-electron chi connectivity index (χ3n) is 5.10. The first-order valence-corrected chi connectivity index (χ1v) is 8.50. The molecule has 1 heterocycles. The molecular weight excluding hydrogens is 346 g/mol. The smallest absolute Gasteiger partial charge is 0.201 e. The van der Waals surface area contributed by atoms with E-state index in [4.69, 9.17) is 0 Å². The van der Waals surface area contributed by atoms with Crippen LogP contribution in [0.4, 0.5) is 0 Å². The second kappa shape index (κ2) is 5.82. The Hall–Kier alpha value is -3.38. The topological polar surface area (TPSA) is 106 Å². The lowest BCUT2D eigenvalue weighted by Gasteiger charge is -2.13. The molecule has 6 heteroatoms. The van der Waals surface area contributed by atoms with Crippen LogP contribution in [-0.4, -0.2) is 36.2 Å². The molecule has 6 nitrogen and oxygen atoms in total. The molecule has 0 spiro atoms. The summed E-state index contributed by atoms with van der Waals surface area (Å²) in [5.74, 6) is -2.98. The SMILES string of the molecule is C=Cc1ccc2c3c(n(C4=C(O)C(O)=C(O)C(O)C=C4O)c(=C)c13)=CCC2. The Kier molecular flexibility index (Phi) is 3.68. The van der Waals surface area contributed by atoms with Crippen LogP contribution < -0.4 is 10.7 Å². The third kappa shape index (κ3) is 2.23. The molecule has 0 saturated heterocycles. The number of rotatable bonds is 2. The van der Waals surface area contributed by atoms with Gasteiger partial charge < -0.3 is 30.1 Å². The number of aliphatic hydroxyl groups is 5. The molecule has 1 atom stereocenters. The molecule has 4 rings (SSSR count). The van der Waals surface area contributed by atoms with Gasteiger partial charge in [0.2, 0.25) is 5.76 Å². The minimum absolute atomic E-state index is 0.161. The van der Waals surface area contributed by atoms with Crippen LogP contribution in [0.1, 0.15) is 17.5 Å². The summed E-state index contributed by atoms with van der Waals surface area (Å²) < 4.78 is 1.53. The zero-order valence-electron chi connectivity index (χ0n) is 14.5. The second-order valence-corrected chi connectivity index (χ2v) is 6.61. The van der Waals surface area contributed by atoms with Crippen molar-refractivity contribution < 1.29 is 25.5 Å². The Labute approximate surface area is 154 Å². The average molecular weight is 365 g/mol. The van der Waals surface area contributed by atoms with Gasteiger partial charge in [0.05, 0.1) is 5.35 Å². The van der Waals surface area contributed by atoms with E-state index in [2.05, 4.69) is 13.2 Å². The van der Waals surface area contributed by atoms with Crippen LogP contribution in [0.2, 0.25) is 0 Å². The van der Waals surface area contributed by atoms with E-state index in [1.807, 2.05) is 18.2 Å². The fraction of sp³-hybridized carbons (Fsp3) is 0.143. The molecule has 27 heavy (non-hydrogen) atoms. The molecule has 0 radical (unpaired) electrons. The van der Waals surface area contributed by atoms with Crippen molar-refractivity contribution in [2.24, 2.45) is 0 Å². The number of hydrogen-bond acceptors (Lipinski definition) is 5. The lowest BCUT2D eigenvalue weighted by Crippen LogP contribution is -2.28. The van der Waals surface area contributed by atoms with Crippen molar-refractivity contribution >= 4 is 35.2 Å². The van der Waals surface area contributed by atoms with Crippen molar-refractivity contribution in [3.05, 3.63) is 69.6 Å². The van der Waals surface area contributed by atoms with Crippen LogP contribution in [0.3, 0.4) is 0 Å². The van der Waals surface area contributed by atoms with E-state index >= 15 is 0 Å². The minimum atomic E-state index is -1.65. The second-order valence-electron chi connectivity index (χ2n) is 6.61. The van der Waals surface area contributed by atoms with E-state index in [0.717, 1.165) is 40.8 Å². The van der Waals surface area contributed by atoms with Gasteiger partial charge >= 0.3 is 0 Å². The van der Waals surface area contributed by atoms with Crippen LogP contribution in [0.25, 0.3) is 35.2 Å². The Morgan fingerprint density at radius 1 is 1.07 bits per heavy atom. The Balaban J connectivity index is 2.21. The lowest BCUT2D eigenvalue weighted by molar-refractivity contribution is 0.170. The fourth-order valence-corrected chi connectivity index (χ4v) is 3.85. The minimum Gasteiger partial charge on any atom is -0.506 e. The van der Waals surface area contributed by atoms with E-state index in [1.165, 1.54) is 4.57 Å². The summed E-state index contributed by atoms with van der Waals surface area (Å²) in [6.07, 6.45) is 4.57. The highest BCUT2D eigenvalue weighted by Crippen LogP contribution is 2.29. The highest BCUT2D eigenvalue weighted by molar-refractivity contribution is 5.96. The predicted molar refractivity (Wildman–Crippen MR) is 104 cm³/mol. The standard InChI is InChI=1S/C21H19NO5/c1-3-11-7-8-12-5-4-6-13-17(12)16(11)10(2)22(13)18-14(23)9-15(24)19(25)21(27)20(18)26/h3,6-9,15,23-27H,1-2,4-5H2. The van der Waals surface area contributed by atoms with E-state index in [-0.39, 0.29) is 5.70 Å². The molecule has 1 aromatic carbocycles. The van der Waals surface area contributed by atoms with Gasteiger partial charge in [-0.1, -0.05) is 37.4 Å². The first kappa shape index (κ1) is 17.1. The maximum absolute atomic E-state index is 10.5. The van der Waals surface area contributed by atoms with Gasteiger partial charge in [-0.2, -0.15) is 0 Å². The molecule has 5 N–H and O–H groups in total. The average Bonchev–Trinajstić information content (AvgIpc) is 2.92. The van der Waals surface area contributed by atoms with E-state index in [9.17, 15) is 25.5 Å². The summed E-state index contributed by atoms with van der Waals surface area (Å²) in [7, 11) is 0. The van der Waals surface area contributed by atoms with Gasteiger partial charge in [-0.3, -0.25) is 0 Å². The monoisotopic (exact) mass is 365 g/mol. The van der Waals surface area contributed by atoms with Crippen LogP contribution in [0.15, 0.2) is 47.8 Å². The van der Waals surface area contributed by atoms with Crippen LogP contribution in [-0.2, 0) is 6.42 Å². The van der Waals surface area contributed by atoms with Crippen molar-refractivity contribution in [2.75, 3.05) is 0 Å². The molecule has 138 valence electrons. The van der Waals surface area contributed by atoms with Crippen molar-refractivity contribution in [3.63, 3.8) is 0 Å². The third-order valence-corrected chi connectivity index (χ3v) is 5.10. The molecule has 2 aromatic rings. The van der Waals surface area contributed by atoms with Gasteiger partial charge in [-0.05, 0) is 30.0 Å². The molecule has 0 saturated carbocycles. The molecular formula is C21H19NO5. The largest absolute Gasteiger partial charge is 0.506 e. The van der Waals surface area contributed by atoms with Crippen molar-refractivity contribution in [2.45, 2.75) is 18.9 Å². The van der Waals surface area contributed by atoms with Gasteiger partial charge in [0.25, 0.3) is 0 Å². The Morgan fingerprint density at radius 2 is 1.81 bits per heavy atom. The van der Waals surface area contributed by atoms with E-state index < -0.39 is 29.1 Å². The van der Waals surface area contributed by atoms with Gasteiger partial charge in [0, 0.05) is 16.1 Å². The highest BCUT2D eigenvalue weighted by Gasteiger charge is 2.29. The number of aliphatic hydroxyl groups excluding tert-OH is 5. The molecule has 0 bridgehead atoms. The normalized spacial score (nSPS) is 19.7. The zero-order valence-corrected chi connectivity index (χ0v) is 14.5. The first-order valence-electron chi connectivity index (χ1n) is 8.50. The Bertz CT molecular complexity index is 1210. The lowest BCUT2D eigenvalue weighted by atomic mass is 9.96. The number of aryl methyl sites for hydroxylation is 1. The zero-order chi connectivity index (χ0) is 19.5. The molecule has 0 aliphatic heterocycles. The highest BCUT2D eigenvalue weighted by atomic mass is 16.4. The molecule has 0 fully saturated rings. The van der Waals surface area contributed by atoms with Gasteiger partial charge in [0.15, 0.2) is 11.5 Å². The quantitative estimate of drug-likeness (QED) is 0.561. The van der Waals surface area contributed by atoms with Gasteiger partial charge in [0.1, 0.15) is 17.6 Å². The molecule has 0 amide bonds. The van der Waals surface area contributed by atoms with E-state index in [1.54, 1.807) is 6.08 Å². The molecule has 1 unspecified atom stereocenters. The van der Waals surface area contributed by atoms with Crippen molar-refractivity contribution in [1.82, 2.24) is 4.57 Å². The fourth-order valence-electron chi connectivity index (χ4n) is 3.85. The number of allylic oxidation sites excluding steroid dienone is 1. The van der Waals surface area contributed by atoms with Gasteiger partial charge in [-0.25, -0.2) is 0 Å². The van der Waals surface area contributed by atoms with Crippen LogP contribution >= 0.6 is 0 Å². The number of aromatic nitrogens is 1. The molecule has 2 aliphatic carbocycles. The number of benzene rings is 1. The number of hydrogen-bond donors (Lipinski definition) is 5. The maximum atomic E-state index is 10.5. The number of nitrogens with zero attached hydrogens (tertiary/aromatic N) is 1.